The van der Waals surface area contributed by atoms with Crippen LogP contribution in [0.1, 0.15) is 0 Å². The van der Waals surface area contributed by atoms with Gasteiger partial charge in [-0.05, 0) is 0 Å². The van der Waals surface area contributed by atoms with Crippen LogP contribution in [0.25, 0.3) is 0 Å². The summed E-state index contributed by atoms with van der Waals surface area (Å²) in [6.45, 7) is 0. The second-order valence-corrected chi connectivity index (χ2v) is 2.81. The molecule has 0 saturated carbocycles. The molecule has 0 amide bonds. The summed E-state index contributed by atoms with van der Waals surface area (Å²) in [5.74, 6) is 0. The van der Waals surface area contributed by atoms with Gasteiger partial charge in [-0.3, -0.25) is 0 Å². The van der Waals surface area contributed by atoms with E-state index in [9.17, 15) is 0 Å². The summed E-state index contributed by atoms with van der Waals surface area (Å²) in [5.41, 5.74) is 0. The SMILES string of the molecule is [Cu+2].[O]=[Cr](=[O])(=[O])([O-])[O-]. The maximum absolute atomic E-state index is 8.62. The molecule has 0 aliphatic carbocycles. The molecule has 0 atom stereocenters. The van der Waals surface area contributed by atoms with Gasteiger partial charge in [-0.15, -0.1) is 0 Å². The summed E-state index contributed by atoms with van der Waals surface area (Å²) >= 11 is -7.62. The van der Waals surface area contributed by atoms with Gasteiger partial charge in [0, 0.05) is 0 Å². The van der Waals surface area contributed by atoms with E-state index in [4.69, 9.17) is 19.7 Å². The van der Waals surface area contributed by atoms with Crippen molar-refractivity contribution in [1.82, 2.24) is 0 Å². The molecule has 0 aliphatic rings. The quantitative estimate of drug-likeness (QED) is 0.391. The molecule has 0 heterocycles. The Labute approximate surface area is 49.7 Å². The minimum absolute atomic E-state index is 0. The van der Waals surface area contributed by atoms with Crippen LogP contribution in [0, 0.1) is 0 Å². The Balaban J connectivity index is 0. The fourth-order valence-electron chi connectivity index (χ4n) is 0. The monoisotopic (exact) mass is 195 g/mol. The van der Waals surface area contributed by atoms with Crippen LogP contribution in [0.3, 0.4) is 0 Å². The first-order valence-corrected chi connectivity index (χ1v) is 3.44. The number of hydrogen-bond acceptors (Lipinski definition) is 5. The summed E-state index contributed by atoms with van der Waals surface area (Å²) in [4.78, 5) is 0. The molecule has 0 bridgehead atoms. The molecule has 0 N–H and O–H groups in total. The van der Waals surface area contributed by atoms with Gasteiger partial charge in [-0.2, -0.15) is 0 Å². The topological polar surface area (TPSA) is 97.3 Å². The van der Waals surface area contributed by atoms with Gasteiger partial charge in [0.25, 0.3) is 0 Å². The summed E-state index contributed by atoms with van der Waals surface area (Å²) in [6, 6.07) is 0. The zero-order valence-corrected chi connectivity index (χ0v) is 4.97. The molecule has 0 spiro atoms. The van der Waals surface area contributed by atoms with Crippen molar-refractivity contribution in [3.05, 3.63) is 0 Å². The standard InChI is InChI=1S/Cr.Cu.5O/q;+2;;;;2*-1. The Morgan fingerprint density at radius 3 is 1.00 bits per heavy atom. The van der Waals surface area contributed by atoms with E-state index in [0.29, 0.717) is 0 Å². The second-order valence-electron chi connectivity index (χ2n) is 0.680. The van der Waals surface area contributed by atoms with Crippen molar-refractivity contribution in [1.29, 1.82) is 0 Å². The van der Waals surface area contributed by atoms with Crippen molar-refractivity contribution in [3.8, 4) is 0 Å². The van der Waals surface area contributed by atoms with Crippen molar-refractivity contribution in [2.45, 2.75) is 0 Å². The molecule has 0 aromatic carbocycles. The van der Waals surface area contributed by atoms with Crippen LogP contribution < -0.4 is 8.32 Å². The molecule has 0 unspecified atom stereocenters. The third-order valence-electron chi connectivity index (χ3n) is 0. The third kappa shape index (κ3) is 880. The van der Waals surface area contributed by atoms with Crippen molar-refractivity contribution >= 4 is 0 Å². The minimum atomic E-state index is -7.62. The van der Waals surface area contributed by atoms with E-state index in [1.807, 2.05) is 0 Å². The van der Waals surface area contributed by atoms with E-state index in [1.54, 1.807) is 0 Å². The molecular formula is CrCuO5. The summed E-state index contributed by atoms with van der Waals surface area (Å²) in [7, 11) is 0. The second kappa shape index (κ2) is 1.71. The van der Waals surface area contributed by atoms with Crippen molar-refractivity contribution in [2.75, 3.05) is 0 Å². The van der Waals surface area contributed by atoms with Gasteiger partial charge in [0.1, 0.15) is 0 Å². The predicted octanol–water partition coefficient (Wildman–Crippen LogP) is -2.74. The van der Waals surface area contributed by atoms with Crippen molar-refractivity contribution in [2.24, 2.45) is 0 Å². The zero-order valence-electron chi connectivity index (χ0n) is 2.75. The molecule has 5 nitrogen and oxygen atoms in total. The van der Waals surface area contributed by atoms with Crippen molar-refractivity contribution < 1.29 is 49.3 Å². The summed E-state index contributed by atoms with van der Waals surface area (Å²) < 4.78 is 43.1. The van der Waals surface area contributed by atoms with Gasteiger partial charge in [0.15, 0.2) is 0 Å². The van der Waals surface area contributed by atoms with Gasteiger partial charge < -0.3 is 0 Å². The van der Waals surface area contributed by atoms with Gasteiger partial charge in [0.05, 0.1) is 0 Å². The Morgan fingerprint density at radius 1 is 1.00 bits per heavy atom. The zero-order chi connectivity index (χ0) is 5.45. The molecular weight excluding hydrogens is 196 g/mol. The molecule has 1 radical (unpaired) electrons. The summed E-state index contributed by atoms with van der Waals surface area (Å²) in [6.07, 6.45) is 0. The van der Waals surface area contributed by atoms with E-state index < -0.39 is 12.5 Å². The van der Waals surface area contributed by atoms with Gasteiger partial charge in [0.2, 0.25) is 0 Å². The molecule has 0 fully saturated rings. The first-order valence-electron chi connectivity index (χ1n) is 0.833. The Hall–Kier alpha value is 0.372. The fourth-order valence-corrected chi connectivity index (χ4v) is 0. The normalized spacial score (nSPS) is 12.4. The van der Waals surface area contributed by atoms with E-state index in [2.05, 4.69) is 0 Å². The van der Waals surface area contributed by atoms with Crippen LogP contribution in [0.4, 0.5) is 0 Å². The molecule has 47 valence electrons. The van der Waals surface area contributed by atoms with Crippen LogP contribution >= 0.6 is 0 Å². The molecule has 7 heavy (non-hydrogen) atoms. The Kier molecular flexibility index (Phi) is 2.53. The number of rotatable bonds is 0. The predicted molar refractivity (Wildman–Crippen MR) is 2.06 cm³/mol. The van der Waals surface area contributed by atoms with E-state index in [0.717, 1.165) is 0 Å². The maximum atomic E-state index is 8.62. The van der Waals surface area contributed by atoms with E-state index in [-0.39, 0.29) is 17.1 Å². The van der Waals surface area contributed by atoms with Crippen LogP contribution in [0.2, 0.25) is 0 Å². The van der Waals surface area contributed by atoms with E-state index >= 15 is 0 Å². The molecule has 0 aliphatic heterocycles. The van der Waals surface area contributed by atoms with E-state index in [1.165, 1.54) is 0 Å². The third-order valence-corrected chi connectivity index (χ3v) is 0. The number of hydrogen-bond donors (Lipinski definition) is 0. The first kappa shape index (κ1) is 10.4. The average molecular weight is 196 g/mol. The van der Waals surface area contributed by atoms with Gasteiger partial charge in [-0.1, -0.05) is 0 Å². The van der Waals surface area contributed by atoms with Crippen LogP contribution in [-0.4, -0.2) is 0 Å². The molecule has 0 saturated heterocycles. The van der Waals surface area contributed by atoms with Gasteiger partial charge in [-0.25, -0.2) is 0 Å². The van der Waals surface area contributed by atoms with Crippen molar-refractivity contribution in [3.63, 3.8) is 0 Å². The fraction of sp³-hybridized carbons (Fsp3) is 0. The summed E-state index contributed by atoms with van der Waals surface area (Å²) in [5, 5.41) is 0. The Bertz CT molecular complexity index is 186. The van der Waals surface area contributed by atoms with Crippen LogP contribution in [0.15, 0.2) is 0 Å². The Morgan fingerprint density at radius 2 is 1.00 bits per heavy atom. The van der Waals surface area contributed by atoms with Crippen LogP contribution in [-0.2, 0) is 41.0 Å². The molecule has 0 aromatic heterocycles. The molecule has 0 aromatic rings. The molecule has 0 rings (SSSR count). The van der Waals surface area contributed by atoms with Gasteiger partial charge >= 0.3 is 49.3 Å². The molecule has 7 heteroatoms. The average Bonchev–Trinajstić information content (AvgIpc) is 0.650. The van der Waals surface area contributed by atoms with Crippen LogP contribution in [0.5, 0.6) is 0 Å². The first-order chi connectivity index (χ1) is 2.24.